The number of allylic oxidation sites excluding steroid dienone is 24. The number of hydrogen-bond donors (Lipinski definition) is 0. The molecule has 6 heteroatoms. The molecule has 0 N–H and O–H groups in total. The van der Waals surface area contributed by atoms with Crippen LogP contribution in [0.5, 0.6) is 0 Å². The third-order valence-electron chi connectivity index (χ3n) is 10.6. The maximum absolute atomic E-state index is 12.8. The average Bonchev–Trinajstić information content (AvgIpc) is 3.34. The fraction of sp³-hybridized carbons (Fsp3) is 0.565. The van der Waals surface area contributed by atoms with Crippen molar-refractivity contribution in [3.63, 3.8) is 0 Å². The molecule has 0 bridgehead atoms. The zero-order valence-electron chi connectivity index (χ0n) is 43.3. The van der Waals surface area contributed by atoms with Crippen LogP contribution in [0.15, 0.2) is 146 Å². The van der Waals surface area contributed by atoms with Crippen molar-refractivity contribution in [3.8, 4) is 0 Å². The molecule has 6 nitrogen and oxygen atoms in total. The van der Waals surface area contributed by atoms with Crippen LogP contribution < -0.4 is 0 Å². The van der Waals surface area contributed by atoms with Crippen LogP contribution in [-0.2, 0) is 28.6 Å². The van der Waals surface area contributed by atoms with E-state index < -0.39 is 12.1 Å². The maximum atomic E-state index is 12.8. The Labute approximate surface area is 417 Å². The van der Waals surface area contributed by atoms with Crippen LogP contribution in [0.3, 0.4) is 0 Å². The van der Waals surface area contributed by atoms with Crippen LogP contribution in [-0.4, -0.2) is 37.2 Å². The predicted molar refractivity (Wildman–Crippen MR) is 292 cm³/mol. The Morgan fingerprint density at radius 2 is 0.632 bits per heavy atom. The molecule has 0 aromatic heterocycles. The molecule has 0 amide bonds. The lowest BCUT2D eigenvalue weighted by Gasteiger charge is -2.18. The highest BCUT2D eigenvalue weighted by molar-refractivity contribution is 5.71. The summed E-state index contributed by atoms with van der Waals surface area (Å²) in [4.78, 5) is 38.0. The number of unbranched alkanes of at least 4 members (excludes halogenated alkanes) is 12. The lowest BCUT2D eigenvalue weighted by atomic mass is 10.1. The van der Waals surface area contributed by atoms with Crippen LogP contribution in [0.25, 0.3) is 0 Å². The van der Waals surface area contributed by atoms with Crippen LogP contribution >= 0.6 is 0 Å². The molecule has 68 heavy (non-hydrogen) atoms. The van der Waals surface area contributed by atoms with E-state index in [4.69, 9.17) is 14.2 Å². The second-order valence-corrected chi connectivity index (χ2v) is 17.0. The van der Waals surface area contributed by atoms with Crippen LogP contribution in [0.2, 0.25) is 0 Å². The predicted octanol–water partition coefficient (Wildman–Crippen LogP) is 18.0. The highest BCUT2D eigenvalue weighted by atomic mass is 16.6. The van der Waals surface area contributed by atoms with E-state index >= 15 is 0 Å². The van der Waals surface area contributed by atoms with Crippen molar-refractivity contribution in [1.29, 1.82) is 0 Å². The van der Waals surface area contributed by atoms with E-state index in [1.165, 1.54) is 44.9 Å². The van der Waals surface area contributed by atoms with E-state index in [0.29, 0.717) is 19.3 Å². The first-order chi connectivity index (χ1) is 33.5. The SMILES string of the molecule is CC/C=C\C/C=C\C/C=C\C/C=C\C/C=C\CCCC(=O)OCC(COC(=O)CCCCC/C=C\C=C/CCCCCCCCC)OC(=O)CCC/C=C\C/C=C\C/C=C\C/C=C\C/C=C\CC. The number of rotatable bonds is 46. The Hall–Kier alpha value is -4.71. The summed E-state index contributed by atoms with van der Waals surface area (Å²) in [5, 5.41) is 0. The van der Waals surface area contributed by atoms with Gasteiger partial charge in [0.25, 0.3) is 0 Å². The number of ether oxygens (including phenoxy) is 3. The minimum absolute atomic E-state index is 0.138. The van der Waals surface area contributed by atoms with Crippen LogP contribution in [0, 0.1) is 0 Å². The molecule has 1 unspecified atom stereocenters. The van der Waals surface area contributed by atoms with Crippen molar-refractivity contribution >= 4 is 17.9 Å². The Morgan fingerprint density at radius 3 is 1.03 bits per heavy atom. The third-order valence-corrected chi connectivity index (χ3v) is 10.6. The smallest absolute Gasteiger partial charge is 0.306 e. The topological polar surface area (TPSA) is 78.9 Å². The lowest BCUT2D eigenvalue weighted by molar-refractivity contribution is -0.167. The number of carbonyl (C=O) groups is 3. The molecular weight excluding hydrogens is 841 g/mol. The van der Waals surface area contributed by atoms with Crippen molar-refractivity contribution < 1.29 is 28.6 Å². The second kappa shape index (κ2) is 54.9. The van der Waals surface area contributed by atoms with E-state index in [1.807, 2.05) is 0 Å². The van der Waals surface area contributed by atoms with Gasteiger partial charge in [0, 0.05) is 19.3 Å². The standard InChI is InChI=1S/C62H96O6/c1-4-7-10-13-16-19-22-25-28-31-34-37-40-43-46-49-52-55-61(64)67-58-59(57-66-60(63)54-51-48-45-42-39-36-33-30-27-24-21-18-15-12-9-6-3)68-62(65)56-53-50-47-44-41-38-35-32-29-26-23-20-17-14-11-8-5-2/h7-8,10-11,16-17,19-20,25-26,28-30,33-39,43-44,46-47,59H,4-6,9,12-15,18,21-24,27,31-32,40-42,45,48-58H2,1-3H3/b10-7-,11-8-,19-16-,20-17-,28-25-,29-26-,33-30-,37-34-,38-35-,39-36-,46-43-,47-44-. The number of esters is 3. The van der Waals surface area contributed by atoms with Gasteiger partial charge in [-0.15, -0.1) is 0 Å². The summed E-state index contributed by atoms with van der Waals surface area (Å²) < 4.78 is 16.7. The summed E-state index contributed by atoms with van der Waals surface area (Å²) in [6.45, 7) is 6.26. The molecule has 0 rings (SSSR count). The largest absolute Gasteiger partial charge is 0.462 e. The Kier molecular flexibility index (Phi) is 51.1. The van der Waals surface area contributed by atoms with Crippen molar-refractivity contribution in [1.82, 2.24) is 0 Å². The molecule has 0 aliphatic heterocycles. The molecule has 1 atom stereocenters. The molecule has 0 aliphatic rings. The third kappa shape index (κ3) is 52.3. The second-order valence-electron chi connectivity index (χ2n) is 17.0. The summed E-state index contributed by atoms with van der Waals surface area (Å²) in [7, 11) is 0. The quantitative estimate of drug-likeness (QED) is 0.0199. The molecule has 0 aromatic rings. The lowest BCUT2D eigenvalue weighted by Crippen LogP contribution is -2.30. The van der Waals surface area contributed by atoms with Gasteiger partial charge in [-0.3, -0.25) is 14.4 Å². The minimum Gasteiger partial charge on any atom is -0.462 e. The summed E-state index contributed by atoms with van der Waals surface area (Å²) >= 11 is 0. The fourth-order valence-electron chi connectivity index (χ4n) is 6.62. The van der Waals surface area contributed by atoms with E-state index in [2.05, 4.69) is 167 Å². The van der Waals surface area contributed by atoms with Gasteiger partial charge in [-0.05, 0) is 122 Å². The van der Waals surface area contributed by atoms with Gasteiger partial charge in [0.2, 0.25) is 0 Å². The van der Waals surface area contributed by atoms with Gasteiger partial charge in [0.05, 0.1) is 0 Å². The van der Waals surface area contributed by atoms with Gasteiger partial charge in [-0.1, -0.05) is 212 Å². The average molecular weight is 937 g/mol. The first-order valence-corrected chi connectivity index (χ1v) is 26.9. The Morgan fingerprint density at radius 1 is 0.324 bits per heavy atom. The van der Waals surface area contributed by atoms with Gasteiger partial charge in [-0.2, -0.15) is 0 Å². The van der Waals surface area contributed by atoms with Gasteiger partial charge in [0.15, 0.2) is 6.10 Å². The first-order valence-electron chi connectivity index (χ1n) is 26.9. The molecule has 0 aliphatic carbocycles. The molecule has 0 radical (unpaired) electrons. The van der Waals surface area contributed by atoms with Crippen molar-refractivity contribution in [2.75, 3.05) is 13.2 Å². The molecule has 0 fully saturated rings. The molecule has 0 saturated carbocycles. The fourth-order valence-corrected chi connectivity index (χ4v) is 6.62. The van der Waals surface area contributed by atoms with E-state index in [1.54, 1.807) is 0 Å². The summed E-state index contributed by atoms with van der Waals surface area (Å²) in [5.74, 6) is -1.09. The molecule has 0 heterocycles. The maximum Gasteiger partial charge on any atom is 0.306 e. The van der Waals surface area contributed by atoms with Crippen LogP contribution in [0.1, 0.15) is 207 Å². The van der Waals surface area contributed by atoms with Crippen molar-refractivity contribution in [3.05, 3.63) is 146 Å². The summed E-state index contributed by atoms with van der Waals surface area (Å²) in [6, 6.07) is 0. The number of carbonyl (C=O) groups excluding carboxylic acids is 3. The molecule has 0 spiro atoms. The first kappa shape index (κ1) is 63.3. The van der Waals surface area contributed by atoms with E-state index in [0.717, 1.165) is 109 Å². The molecule has 380 valence electrons. The van der Waals surface area contributed by atoms with Gasteiger partial charge in [0.1, 0.15) is 13.2 Å². The van der Waals surface area contributed by atoms with E-state index in [-0.39, 0.29) is 38.0 Å². The highest BCUT2D eigenvalue weighted by Crippen LogP contribution is 2.11. The molecular formula is C62H96O6. The van der Waals surface area contributed by atoms with Crippen molar-refractivity contribution in [2.24, 2.45) is 0 Å². The Balaban J connectivity index is 4.65. The highest BCUT2D eigenvalue weighted by Gasteiger charge is 2.19. The Bertz CT molecular complexity index is 1540. The monoisotopic (exact) mass is 937 g/mol. The normalized spacial score (nSPS) is 13.3. The van der Waals surface area contributed by atoms with Crippen LogP contribution in [0.4, 0.5) is 0 Å². The number of hydrogen-bond acceptors (Lipinski definition) is 6. The zero-order valence-corrected chi connectivity index (χ0v) is 43.3. The minimum atomic E-state index is -0.848. The zero-order chi connectivity index (χ0) is 49.3. The van der Waals surface area contributed by atoms with Crippen molar-refractivity contribution in [2.45, 2.75) is 213 Å². The molecule has 0 aromatic carbocycles. The van der Waals surface area contributed by atoms with Gasteiger partial charge in [-0.25, -0.2) is 0 Å². The van der Waals surface area contributed by atoms with Gasteiger partial charge >= 0.3 is 17.9 Å². The molecule has 0 saturated heterocycles. The van der Waals surface area contributed by atoms with Gasteiger partial charge < -0.3 is 14.2 Å². The van der Waals surface area contributed by atoms with E-state index in [9.17, 15) is 14.4 Å². The summed E-state index contributed by atoms with van der Waals surface area (Å²) in [5.41, 5.74) is 0. The summed E-state index contributed by atoms with van der Waals surface area (Å²) in [6.07, 6.45) is 78.4.